The molecule has 1 N–H and O–H groups in total. The Kier molecular flexibility index (Phi) is 4.84. The van der Waals surface area contributed by atoms with Crippen molar-refractivity contribution in [3.8, 4) is 0 Å². The maximum Gasteiger partial charge on any atom is 0.190 e. The van der Waals surface area contributed by atoms with Crippen molar-refractivity contribution in [3.05, 3.63) is 23.2 Å². The van der Waals surface area contributed by atoms with Crippen molar-refractivity contribution < 1.29 is 0 Å². The molecule has 15 heavy (non-hydrogen) atoms. The lowest BCUT2D eigenvalue weighted by Crippen LogP contribution is -1.90. The van der Waals surface area contributed by atoms with E-state index in [1.54, 1.807) is 6.20 Å². The molecule has 0 saturated heterocycles. The number of aromatic nitrogens is 4. The molecule has 0 unspecified atom stereocenters. The number of aromatic amines is 1. The highest BCUT2D eigenvalue weighted by Crippen LogP contribution is 2.20. The Bertz CT molecular complexity index is 376. The lowest BCUT2D eigenvalue weighted by Gasteiger charge is -2.02. The van der Waals surface area contributed by atoms with Crippen LogP contribution < -0.4 is 0 Å². The molecule has 1 heterocycles. The quantitative estimate of drug-likeness (QED) is 0.813. The fraction of sp³-hybridized carbons (Fsp3) is 0.444. The topological polar surface area (TPSA) is 54.5 Å². The summed E-state index contributed by atoms with van der Waals surface area (Å²) < 4.78 is 0. The summed E-state index contributed by atoms with van der Waals surface area (Å²) in [5.74, 6) is 0.283. The molecule has 0 aliphatic heterocycles. The molecule has 4 nitrogen and oxygen atoms in total. The number of hydrogen-bond donors (Lipinski definition) is 1. The molecule has 1 aromatic heterocycles. The van der Waals surface area contributed by atoms with E-state index >= 15 is 0 Å². The van der Waals surface area contributed by atoms with Gasteiger partial charge < -0.3 is 0 Å². The molecule has 0 saturated carbocycles. The van der Waals surface area contributed by atoms with E-state index in [1.807, 2.05) is 20.1 Å². The lowest BCUT2D eigenvalue weighted by atomic mass is 10.1. The molecule has 6 heteroatoms. The number of thioether (sulfide) groups is 1. The molecule has 0 atom stereocenters. The Morgan fingerprint density at radius 3 is 2.80 bits per heavy atom. The molecule has 0 bridgehead atoms. The van der Waals surface area contributed by atoms with Crippen LogP contribution in [0.15, 0.2) is 17.7 Å². The van der Waals surface area contributed by atoms with Crippen LogP contribution in [0.3, 0.4) is 0 Å². The van der Waals surface area contributed by atoms with Gasteiger partial charge in [-0.1, -0.05) is 37.2 Å². The van der Waals surface area contributed by atoms with E-state index in [2.05, 4.69) is 20.2 Å². The molecular weight excluding hydrogens is 232 g/mol. The van der Waals surface area contributed by atoms with Crippen LogP contribution in [-0.4, -0.2) is 26.4 Å². The van der Waals surface area contributed by atoms with E-state index in [1.165, 1.54) is 18.1 Å². The first-order valence-corrected chi connectivity index (χ1v) is 6.09. The molecule has 0 aliphatic rings. The lowest BCUT2D eigenvalue weighted by molar-refractivity contribution is 0.845. The normalized spacial score (nSPS) is 10.2. The summed E-state index contributed by atoms with van der Waals surface area (Å²) in [6.07, 6.45) is 5.05. The number of nitrogens with one attached hydrogen (secondary N) is 1. The predicted octanol–water partition coefficient (Wildman–Crippen LogP) is 2.82. The summed E-state index contributed by atoms with van der Waals surface area (Å²) in [4.78, 5) is 8.24. The van der Waals surface area contributed by atoms with Crippen LogP contribution >= 0.6 is 23.4 Å². The van der Waals surface area contributed by atoms with E-state index < -0.39 is 0 Å². The van der Waals surface area contributed by atoms with Crippen LogP contribution in [0.25, 0.3) is 0 Å². The van der Waals surface area contributed by atoms with Gasteiger partial charge in [0.05, 0.1) is 0 Å². The van der Waals surface area contributed by atoms with Gasteiger partial charge in [0, 0.05) is 11.8 Å². The molecule has 0 aromatic carbocycles. The van der Waals surface area contributed by atoms with Gasteiger partial charge in [-0.3, -0.25) is 5.10 Å². The van der Waals surface area contributed by atoms with Gasteiger partial charge in [-0.15, -0.1) is 0 Å². The Morgan fingerprint density at radius 1 is 1.47 bits per heavy atom. The van der Waals surface area contributed by atoms with Crippen LogP contribution in [0.2, 0.25) is 5.15 Å². The molecule has 0 spiro atoms. The minimum absolute atomic E-state index is 0.283. The van der Waals surface area contributed by atoms with Crippen molar-refractivity contribution in [2.24, 2.45) is 0 Å². The molecule has 0 radical (unpaired) electrons. The molecular formula is C9H13ClN4S. The Morgan fingerprint density at radius 2 is 2.20 bits per heavy atom. The van der Waals surface area contributed by atoms with Crippen molar-refractivity contribution in [2.45, 2.75) is 24.9 Å². The summed E-state index contributed by atoms with van der Waals surface area (Å²) in [5.41, 5.74) is 0.914. The van der Waals surface area contributed by atoms with Crippen LogP contribution in [0.4, 0.5) is 0 Å². The van der Waals surface area contributed by atoms with Gasteiger partial charge in [0.2, 0.25) is 0 Å². The Labute approximate surface area is 98.2 Å². The van der Waals surface area contributed by atoms with Crippen molar-refractivity contribution in [1.82, 2.24) is 20.2 Å². The van der Waals surface area contributed by atoms with Gasteiger partial charge in [0.1, 0.15) is 11.5 Å². The second kappa shape index (κ2) is 5.92. The van der Waals surface area contributed by atoms with E-state index in [0.29, 0.717) is 10.3 Å². The van der Waals surface area contributed by atoms with Crippen molar-refractivity contribution in [2.75, 3.05) is 6.26 Å². The first-order valence-electron chi connectivity index (χ1n) is 4.48. The smallest absolute Gasteiger partial charge is 0.190 e. The van der Waals surface area contributed by atoms with Gasteiger partial charge in [0.25, 0.3) is 0 Å². The fourth-order valence-corrected chi connectivity index (χ4v) is 1.70. The minimum atomic E-state index is 0.283. The molecule has 1 aromatic rings. The second-order valence-electron chi connectivity index (χ2n) is 3.15. The molecule has 1 rings (SSSR count). The first kappa shape index (κ1) is 12.3. The summed E-state index contributed by atoms with van der Waals surface area (Å²) >= 11 is 7.52. The van der Waals surface area contributed by atoms with Gasteiger partial charge in [-0.2, -0.15) is 5.10 Å². The van der Waals surface area contributed by atoms with Gasteiger partial charge in [0.15, 0.2) is 5.16 Å². The summed E-state index contributed by atoms with van der Waals surface area (Å²) in [7, 11) is 0. The standard InChI is InChI=1S/C9H13ClN4S/c1-6(2)7-4-12-13-5-11-9(15-3)14-8(7)10/h4-6,12H,1-3H3. The number of halogens is 1. The van der Waals surface area contributed by atoms with Gasteiger partial charge in [-0.05, 0) is 12.2 Å². The SMILES string of the molecule is CSc1ncn[nH]cc(C(C)C)c(Cl)n1. The van der Waals surface area contributed by atoms with Crippen molar-refractivity contribution in [3.63, 3.8) is 0 Å². The molecule has 0 aliphatic carbocycles. The number of rotatable bonds is 2. The predicted molar refractivity (Wildman–Crippen MR) is 62.7 cm³/mol. The van der Waals surface area contributed by atoms with Gasteiger partial charge in [-0.25, -0.2) is 9.97 Å². The third kappa shape index (κ3) is 3.68. The zero-order chi connectivity index (χ0) is 11.3. The molecule has 82 valence electrons. The Balaban J connectivity index is 3.39. The fourth-order valence-electron chi connectivity index (χ4n) is 0.959. The van der Waals surface area contributed by atoms with E-state index in [9.17, 15) is 0 Å². The third-order valence-electron chi connectivity index (χ3n) is 1.76. The molecule has 0 fully saturated rings. The van der Waals surface area contributed by atoms with E-state index in [-0.39, 0.29) is 5.92 Å². The maximum absolute atomic E-state index is 6.09. The molecule has 0 amide bonds. The zero-order valence-corrected chi connectivity index (χ0v) is 10.4. The number of H-pyrrole nitrogens is 1. The van der Waals surface area contributed by atoms with Crippen LogP contribution in [-0.2, 0) is 0 Å². The minimum Gasteiger partial charge on any atom is -0.284 e. The van der Waals surface area contributed by atoms with E-state index in [4.69, 9.17) is 11.6 Å². The highest BCUT2D eigenvalue weighted by atomic mass is 35.5. The first-order chi connectivity index (χ1) is 7.15. The number of hydrogen-bond acceptors (Lipinski definition) is 4. The highest BCUT2D eigenvalue weighted by molar-refractivity contribution is 7.98. The third-order valence-corrected chi connectivity index (χ3v) is 2.62. The van der Waals surface area contributed by atoms with Crippen LogP contribution in [0.1, 0.15) is 25.3 Å². The average Bonchev–Trinajstić information content (AvgIpc) is 2.28. The summed E-state index contributed by atoms with van der Waals surface area (Å²) in [6, 6.07) is 0. The highest BCUT2D eigenvalue weighted by Gasteiger charge is 2.04. The second-order valence-corrected chi connectivity index (χ2v) is 4.28. The van der Waals surface area contributed by atoms with Crippen molar-refractivity contribution >= 4 is 23.4 Å². The van der Waals surface area contributed by atoms with Gasteiger partial charge >= 0.3 is 0 Å². The van der Waals surface area contributed by atoms with Crippen LogP contribution in [0, 0.1) is 0 Å². The average molecular weight is 245 g/mol. The summed E-state index contributed by atoms with van der Waals surface area (Å²) in [5, 5.41) is 7.68. The largest absolute Gasteiger partial charge is 0.284 e. The van der Waals surface area contributed by atoms with Crippen molar-refractivity contribution in [1.29, 1.82) is 0 Å². The summed E-state index contributed by atoms with van der Waals surface area (Å²) in [6.45, 7) is 4.09. The number of nitrogens with zero attached hydrogens (tertiary/aromatic N) is 3. The maximum atomic E-state index is 6.09. The van der Waals surface area contributed by atoms with E-state index in [0.717, 1.165) is 5.56 Å². The monoisotopic (exact) mass is 244 g/mol. The Hall–Kier alpha value is -0.810. The van der Waals surface area contributed by atoms with Crippen LogP contribution in [0.5, 0.6) is 0 Å². The zero-order valence-electron chi connectivity index (χ0n) is 8.86.